The molecule has 1 aliphatic rings. The smallest absolute Gasteiger partial charge is 0.232 e. The quantitative estimate of drug-likeness (QED) is 0.709. The monoisotopic (exact) mass is 357 g/mol. The van der Waals surface area contributed by atoms with E-state index < -0.39 is 5.82 Å². The molecule has 0 radical (unpaired) electrons. The average molecular weight is 358 g/mol. The minimum absolute atomic E-state index is 0.0436. The van der Waals surface area contributed by atoms with Crippen molar-refractivity contribution in [3.05, 3.63) is 65.3 Å². The fraction of sp³-hybridized carbons (Fsp3) is 0.167. The largest absolute Gasteiger partial charge is 0.339 e. The van der Waals surface area contributed by atoms with Crippen molar-refractivity contribution in [1.29, 1.82) is 0 Å². The minimum Gasteiger partial charge on any atom is -0.339 e. The molecule has 1 aliphatic heterocycles. The summed E-state index contributed by atoms with van der Waals surface area (Å²) in [6.07, 6.45) is 0.255. The van der Waals surface area contributed by atoms with E-state index in [1.807, 2.05) is 6.07 Å². The van der Waals surface area contributed by atoms with Crippen molar-refractivity contribution in [2.45, 2.75) is 12.3 Å². The van der Waals surface area contributed by atoms with Gasteiger partial charge in [0.05, 0.1) is 11.5 Å². The number of carbonyl (C=O) groups excluding carboxylic acids is 1. The number of hydrogen-bond acceptors (Lipinski definition) is 4. The summed E-state index contributed by atoms with van der Waals surface area (Å²) >= 11 is 6.00. The van der Waals surface area contributed by atoms with Crippen LogP contribution in [0.2, 0.25) is 5.02 Å². The van der Waals surface area contributed by atoms with Gasteiger partial charge in [-0.3, -0.25) is 4.79 Å². The van der Waals surface area contributed by atoms with Crippen molar-refractivity contribution >= 4 is 23.2 Å². The van der Waals surface area contributed by atoms with Gasteiger partial charge in [-0.15, -0.1) is 0 Å². The molecule has 1 amide bonds. The minimum atomic E-state index is -0.419. The van der Waals surface area contributed by atoms with Crippen LogP contribution in [0.25, 0.3) is 11.4 Å². The third-order valence-corrected chi connectivity index (χ3v) is 4.39. The van der Waals surface area contributed by atoms with Gasteiger partial charge in [-0.05, 0) is 30.3 Å². The van der Waals surface area contributed by atoms with E-state index in [2.05, 4.69) is 10.1 Å². The average Bonchev–Trinajstić information content (AvgIpc) is 3.22. The molecule has 0 aliphatic carbocycles. The molecular weight excluding hydrogens is 345 g/mol. The van der Waals surface area contributed by atoms with Crippen molar-refractivity contribution in [1.82, 2.24) is 10.1 Å². The van der Waals surface area contributed by atoms with Gasteiger partial charge in [0.2, 0.25) is 17.6 Å². The molecule has 1 aromatic heterocycles. The first-order valence-corrected chi connectivity index (χ1v) is 8.14. The topological polar surface area (TPSA) is 59.2 Å². The highest BCUT2D eigenvalue weighted by molar-refractivity contribution is 6.30. The number of carbonyl (C=O) groups is 1. The molecule has 1 fully saturated rings. The summed E-state index contributed by atoms with van der Waals surface area (Å²) in [5, 5.41) is 4.42. The Hall–Kier alpha value is -2.73. The van der Waals surface area contributed by atoms with Crippen LogP contribution in [0, 0.1) is 5.82 Å². The highest BCUT2D eigenvalue weighted by atomic mass is 35.5. The summed E-state index contributed by atoms with van der Waals surface area (Å²) in [6, 6.07) is 13.3. The number of anilines is 1. The standard InChI is InChI=1S/C18H13ClFN3O2/c19-12-4-3-5-13(9-12)23-10-11(8-16(23)24)18-21-17(22-25-18)14-6-1-2-7-15(14)20/h1-7,9,11H,8,10H2/t11-/m0/s1. The van der Waals surface area contributed by atoms with E-state index in [0.717, 1.165) is 5.69 Å². The van der Waals surface area contributed by atoms with Gasteiger partial charge >= 0.3 is 0 Å². The lowest BCUT2D eigenvalue weighted by Crippen LogP contribution is -2.24. The predicted octanol–water partition coefficient (Wildman–Crippen LogP) is 4.05. The van der Waals surface area contributed by atoms with Crippen molar-refractivity contribution in [2.24, 2.45) is 0 Å². The molecule has 0 spiro atoms. The molecule has 4 rings (SSSR count). The summed E-state index contributed by atoms with van der Waals surface area (Å²) in [5.74, 6) is -0.187. The Kier molecular flexibility index (Phi) is 3.97. The van der Waals surface area contributed by atoms with Gasteiger partial charge < -0.3 is 9.42 Å². The molecule has 1 atom stereocenters. The first kappa shape index (κ1) is 15.8. The third kappa shape index (κ3) is 3.00. The molecule has 126 valence electrons. The maximum atomic E-state index is 13.8. The van der Waals surface area contributed by atoms with Gasteiger partial charge in [0.25, 0.3) is 0 Å². The summed E-state index contributed by atoms with van der Waals surface area (Å²) in [6.45, 7) is 0.415. The van der Waals surface area contributed by atoms with Crippen molar-refractivity contribution in [3.8, 4) is 11.4 Å². The molecule has 0 N–H and O–H groups in total. The Balaban J connectivity index is 1.58. The molecule has 0 unspecified atom stereocenters. The van der Waals surface area contributed by atoms with Crippen molar-refractivity contribution in [3.63, 3.8) is 0 Å². The Labute approximate surface area is 148 Å². The number of nitrogens with zero attached hydrogens (tertiary/aromatic N) is 3. The molecule has 2 heterocycles. The summed E-state index contributed by atoms with van der Waals surface area (Å²) in [4.78, 5) is 18.3. The molecule has 25 heavy (non-hydrogen) atoms. The number of amides is 1. The van der Waals surface area contributed by atoms with E-state index in [1.54, 1.807) is 41.3 Å². The number of rotatable bonds is 3. The van der Waals surface area contributed by atoms with Gasteiger partial charge in [-0.1, -0.05) is 35.0 Å². The second-order valence-electron chi connectivity index (χ2n) is 5.82. The first-order valence-electron chi connectivity index (χ1n) is 7.76. The van der Waals surface area contributed by atoms with E-state index in [-0.39, 0.29) is 29.6 Å². The number of aromatic nitrogens is 2. The molecule has 3 aromatic rings. The van der Waals surface area contributed by atoms with Gasteiger partial charge in [-0.25, -0.2) is 4.39 Å². The van der Waals surface area contributed by atoms with Crippen LogP contribution in [-0.4, -0.2) is 22.6 Å². The lowest BCUT2D eigenvalue weighted by molar-refractivity contribution is -0.117. The SMILES string of the molecule is O=C1C[C@H](c2nc(-c3ccccc3F)no2)CN1c1cccc(Cl)c1. The molecule has 1 saturated heterocycles. The molecular formula is C18H13ClFN3O2. The van der Waals surface area contributed by atoms with Crippen LogP contribution in [0.15, 0.2) is 53.1 Å². The molecule has 0 saturated carbocycles. The van der Waals surface area contributed by atoms with E-state index >= 15 is 0 Å². The van der Waals surface area contributed by atoms with Crippen LogP contribution in [0.5, 0.6) is 0 Å². The maximum Gasteiger partial charge on any atom is 0.232 e. The number of halogens is 2. The number of benzene rings is 2. The van der Waals surface area contributed by atoms with Crippen LogP contribution < -0.4 is 4.90 Å². The van der Waals surface area contributed by atoms with E-state index in [9.17, 15) is 9.18 Å². The molecule has 2 aromatic carbocycles. The summed E-state index contributed by atoms with van der Waals surface area (Å²) < 4.78 is 19.1. The van der Waals surface area contributed by atoms with Gasteiger partial charge in [-0.2, -0.15) is 4.98 Å². The van der Waals surface area contributed by atoms with E-state index in [1.165, 1.54) is 6.07 Å². The lowest BCUT2D eigenvalue weighted by Gasteiger charge is -2.16. The highest BCUT2D eigenvalue weighted by Crippen LogP contribution is 2.33. The lowest BCUT2D eigenvalue weighted by atomic mass is 10.1. The zero-order valence-corrected chi connectivity index (χ0v) is 13.8. The van der Waals surface area contributed by atoms with Crippen molar-refractivity contribution in [2.75, 3.05) is 11.4 Å². The Bertz CT molecular complexity index is 943. The van der Waals surface area contributed by atoms with E-state index in [0.29, 0.717) is 17.5 Å². The van der Waals surface area contributed by atoms with Crippen LogP contribution >= 0.6 is 11.6 Å². The Morgan fingerprint density at radius 2 is 2.04 bits per heavy atom. The fourth-order valence-corrected chi connectivity index (χ4v) is 3.10. The van der Waals surface area contributed by atoms with E-state index in [4.69, 9.17) is 16.1 Å². The summed E-state index contributed by atoms with van der Waals surface area (Å²) in [5.41, 5.74) is 1.00. The second-order valence-corrected chi connectivity index (χ2v) is 6.26. The second kappa shape index (κ2) is 6.29. The molecule has 0 bridgehead atoms. The van der Waals surface area contributed by atoms with Gasteiger partial charge in [0.15, 0.2) is 0 Å². The predicted molar refractivity (Wildman–Crippen MR) is 90.9 cm³/mol. The maximum absolute atomic E-state index is 13.8. The highest BCUT2D eigenvalue weighted by Gasteiger charge is 2.35. The Morgan fingerprint density at radius 1 is 1.20 bits per heavy atom. The normalized spacial score (nSPS) is 17.3. The zero-order valence-electron chi connectivity index (χ0n) is 13.0. The first-order chi connectivity index (χ1) is 12.1. The van der Waals surface area contributed by atoms with Crippen LogP contribution in [0.4, 0.5) is 10.1 Å². The summed E-state index contributed by atoms with van der Waals surface area (Å²) in [7, 11) is 0. The van der Waals surface area contributed by atoms with Crippen LogP contribution in [-0.2, 0) is 4.79 Å². The zero-order chi connectivity index (χ0) is 17.4. The Morgan fingerprint density at radius 3 is 2.84 bits per heavy atom. The van der Waals surface area contributed by atoms with Crippen LogP contribution in [0.1, 0.15) is 18.2 Å². The third-order valence-electron chi connectivity index (χ3n) is 4.15. The van der Waals surface area contributed by atoms with Gasteiger partial charge in [0.1, 0.15) is 5.82 Å². The van der Waals surface area contributed by atoms with Gasteiger partial charge in [0, 0.05) is 23.7 Å². The fourth-order valence-electron chi connectivity index (χ4n) is 2.92. The van der Waals surface area contributed by atoms with Crippen LogP contribution in [0.3, 0.4) is 0 Å². The number of hydrogen-bond donors (Lipinski definition) is 0. The van der Waals surface area contributed by atoms with Crippen molar-refractivity contribution < 1.29 is 13.7 Å². The molecule has 7 heteroatoms. The molecule has 5 nitrogen and oxygen atoms in total.